The maximum Gasteiger partial charge on any atom is 0.228 e. The van der Waals surface area contributed by atoms with E-state index in [1.165, 1.54) is 11.0 Å². The Balaban J connectivity index is 2.44. The van der Waals surface area contributed by atoms with Crippen LogP contribution in [-0.4, -0.2) is 17.3 Å². The first-order valence-corrected chi connectivity index (χ1v) is 6.66. The first-order valence-electron chi connectivity index (χ1n) is 4.58. The molecule has 0 spiro atoms. The fourth-order valence-corrected chi connectivity index (χ4v) is 3.23. The van der Waals surface area contributed by atoms with Gasteiger partial charge >= 0.3 is 0 Å². The van der Waals surface area contributed by atoms with E-state index in [1.54, 1.807) is 6.07 Å². The second-order valence-corrected chi connectivity index (χ2v) is 6.11. The molecule has 1 aromatic carbocycles. The highest BCUT2D eigenvalue weighted by molar-refractivity contribution is 9.10. The Morgan fingerprint density at radius 1 is 1.50 bits per heavy atom. The maximum absolute atomic E-state index is 13.7. The average Bonchev–Trinajstić information content (AvgIpc) is 2.43. The third-order valence-electron chi connectivity index (χ3n) is 2.33. The second kappa shape index (κ2) is 4.63. The van der Waals surface area contributed by atoms with E-state index in [9.17, 15) is 9.18 Å². The van der Waals surface area contributed by atoms with Gasteiger partial charge in [-0.1, -0.05) is 27.5 Å². The molecule has 6 heteroatoms. The lowest BCUT2D eigenvalue weighted by atomic mass is 10.3. The Morgan fingerprint density at radius 3 is 2.69 bits per heavy atom. The summed E-state index contributed by atoms with van der Waals surface area (Å²) in [7, 11) is 0. The molecule has 1 aromatic rings. The number of carbonyl (C=O) groups excluding carboxylic acids is 1. The van der Waals surface area contributed by atoms with Gasteiger partial charge in [0.2, 0.25) is 5.91 Å². The Bertz CT molecular complexity index is 431. The van der Waals surface area contributed by atoms with Crippen molar-refractivity contribution in [2.75, 3.05) is 11.4 Å². The highest BCUT2D eigenvalue weighted by Gasteiger charge is 2.31. The van der Waals surface area contributed by atoms with Crippen molar-refractivity contribution in [3.8, 4) is 0 Å². The van der Waals surface area contributed by atoms with E-state index in [4.69, 9.17) is 11.6 Å². The van der Waals surface area contributed by atoms with E-state index in [-0.39, 0.29) is 16.4 Å². The van der Waals surface area contributed by atoms with E-state index in [2.05, 4.69) is 31.9 Å². The van der Waals surface area contributed by atoms with Gasteiger partial charge in [-0.15, -0.1) is 0 Å². The predicted molar refractivity (Wildman–Crippen MR) is 68.8 cm³/mol. The van der Waals surface area contributed by atoms with Crippen LogP contribution in [0.25, 0.3) is 0 Å². The number of hydrogen-bond donors (Lipinski definition) is 0. The number of halogens is 4. The Hall–Kier alpha value is -0.130. The number of alkyl halides is 1. The molecule has 0 bridgehead atoms. The summed E-state index contributed by atoms with van der Waals surface area (Å²) in [6, 6.07) is 2.78. The van der Waals surface area contributed by atoms with E-state index < -0.39 is 5.82 Å². The monoisotopic (exact) mass is 369 g/mol. The van der Waals surface area contributed by atoms with Crippen molar-refractivity contribution in [3.05, 3.63) is 27.4 Å². The first kappa shape index (κ1) is 12.3. The Morgan fingerprint density at radius 2 is 2.19 bits per heavy atom. The zero-order valence-electron chi connectivity index (χ0n) is 8.01. The Labute approximate surface area is 114 Å². The molecular weight excluding hydrogens is 364 g/mol. The van der Waals surface area contributed by atoms with Crippen LogP contribution in [0.4, 0.5) is 10.1 Å². The van der Waals surface area contributed by atoms with Crippen LogP contribution in [0.15, 0.2) is 16.6 Å². The molecule has 1 heterocycles. The van der Waals surface area contributed by atoms with Crippen LogP contribution in [0, 0.1) is 5.82 Å². The molecule has 0 radical (unpaired) electrons. The molecule has 0 N–H and O–H groups in total. The summed E-state index contributed by atoms with van der Waals surface area (Å²) in [5.41, 5.74) is 0.261. The summed E-state index contributed by atoms with van der Waals surface area (Å²) in [5, 5.41) is 0.301. The number of benzene rings is 1. The minimum Gasteiger partial charge on any atom is -0.308 e. The van der Waals surface area contributed by atoms with Crippen molar-refractivity contribution in [1.82, 2.24) is 0 Å². The molecule has 1 unspecified atom stereocenters. The number of anilines is 1. The molecule has 1 atom stereocenters. The van der Waals surface area contributed by atoms with Crippen LogP contribution < -0.4 is 4.90 Å². The molecule has 1 aliphatic heterocycles. The fraction of sp³-hybridized carbons (Fsp3) is 0.300. The molecule has 0 aliphatic carbocycles. The third kappa shape index (κ3) is 2.26. The van der Waals surface area contributed by atoms with Crippen molar-refractivity contribution < 1.29 is 9.18 Å². The van der Waals surface area contributed by atoms with Crippen molar-refractivity contribution >= 4 is 55.1 Å². The van der Waals surface area contributed by atoms with Crippen LogP contribution in [0.5, 0.6) is 0 Å². The van der Waals surface area contributed by atoms with E-state index >= 15 is 0 Å². The van der Waals surface area contributed by atoms with Gasteiger partial charge in [-0.3, -0.25) is 4.79 Å². The summed E-state index contributed by atoms with van der Waals surface area (Å²) >= 11 is 12.3. The van der Waals surface area contributed by atoms with Crippen LogP contribution in [0.2, 0.25) is 5.02 Å². The molecule has 16 heavy (non-hydrogen) atoms. The lowest BCUT2D eigenvalue weighted by Gasteiger charge is -2.18. The smallest absolute Gasteiger partial charge is 0.228 e. The van der Waals surface area contributed by atoms with Gasteiger partial charge in [0, 0.05) is 27.3 Å². The molecule has 0 saturated carbocycles. The molecular formula is C10H7Br2ClFNO. The number of hydrogen-bond acceptors (Lipinski definition) is 1. The zero-order chi connectivity index (χ0) is 11.9. The van der Waals surface area contributed by atoms with E-state index in [0.717, 1.165) is 0 Å². The minimum atomic E-state index is -0.491. The summed E-state index contributed by atoms with van der Waals surface area (Å²) in [6.07, 6.45) is 0.383. The molecule has 1 aliphatic rings. The van der Waals surface area contributed by atoms with Gasteiger partial charge in [0.15, 0.2) is 0 Å². The highest BCUT2D eigenvalue weighted by atomic mass is 79.9. The molecule has 0 aromatic heterocycles. The van der Waals surface area contributed by atoms with Gasteiger partial charge in [0.1, 0.15) is 5.82 Å². The first-order chi connectivity index (χ1) is 7.49. The van der Waals surface area contributed by atoms with Gasteiger partial charge < -0.3 is 4.90 Å². The third-order valence-corrected chi connectivity index (χ3v) is 3.77. The number of nitrogens with zero attached hydrogens (tertiary/aromatic N) is 1. The second-order valence-electron chi connectivity index (χ2n) is 3.52. The van der Waals surface area contributed by atoms with Gasteiger partial charge in [0.25, 0.3) is 0 Å². The van der Waals surface area contributed by atoms with Crippen molar-refractivity contribution in [1.29, 1.82) is 0 Å². The lowest BCUT2D eigenvalue weighted by molar-refractivity contribution is -0.117. The van der Waals surface area contributed by atoms with E-state index in [1.807, 2.05) is 0 Å². The van der Waals surface area contributed by atoms with Crippen LogP contribution in [0.3, 0.4) is 0 Å². The maximum atomic E-state index is 13.7. The van der Waals surface area contributed by atoms with Crippen LogP contribution in [-0.2, 0) is 4.79 Å². The summed E-state index contributed by atoms with van der Waals surface area (Å²) < 4.78 is 14.2. The van der Waals surface area contributed by atoms with Crippen LogP contribution >= 0.6 is 43.5 Å². The summed E-state index contributed by atoms with van der Waals surface area (Å²) in [5.74, 6) is -0.585. The molecule has 86 valence electrons. The largest absolute Gasteiger partial charge is 0.308 e. The van der Waals surface area contributed by atoms with Crippen molar-refractivity contribution in [2.24, 2.45) is 0 Å². The minimum absolute atomic E-state index is 0.0713. The fourth-order valence-electron chi connectivity index (χ4n) is 1.67. The van der Waals surface area contributed by atoms with Gasteiger partial charge in [-0.05, 0) is 28.1 Å². The van der Waals surface area contributed by atoms with Gasteiger partial charge in [0.05, 0.1) is 5.69 Å². The number of amides is 1. The highest BCUT2D eigenvalue weighted by Crippen LogP contribution is 2.35. The quantitative estimate of drug-likeness (QED) is 0.689. The topological polar surface area (TPSA) is 20.3 Å². The SMILES string of the molecule is O=C1CC(Br)CN1c1c(F)cc(Cl)cc1Br. The van der Waals surface area contributed by atoms with Gasteiger partial charge in [-0.2, -0.15) is 0 Å². The van der Waals surface area contributed by atoms with E-state index in [0.29, 0.717) is 22.5 Å². The number of carbonyl (C=O) groups is 1. The molecule has 1 fully saturated rings. The standard InChI is InChI=1S/C10H7Br2ClFNO/c11-5-1-9(16)15(4-5)10-7(12)2-6(13)3-8(10)14/h2-3,5H,1,4H2. The van der Waals surface area contributed by atoms with Gasteiger partial charge in [-0.25, -0.2) is 4.39 Å². The average molecular weight is 371 g/mol. The molecule has 2 nitrogen and oxygen atoms in total. The summed E-state index contributed by atoms with van der Waals surface area (Å²) in [4.78, 5) is 13.1. The zero-order valence-corrected chi connectivity index (χ0v) is 11.9. The van der Waals surface area contributed by atoms with Crippen LogP contribution in [0.1, 0.15) is 6.42 Å². The van der Waals surface area contributed by atoms with Crippen molar-refractivity contribution in [3.63, 3.8) is 0 Å². The molecule has 1 amide bonds. The summed E-state index contributed by atoms with van der Waals surface area (Å²) in [6.45, 7) is 0.468. The normalized spacial score (nSPS) is 20.6. The molecule has 1 saturated heterocycles. The van der Waals surface area contributed by atoms with Crippen molar-refractivity contribution in [2.45, 2.75) is 11.2 Å². The Kier molecular flexibility index (Phi) is 3.56. The lowest BCUT2D eigenvalue weighted by Crippen LogP contribution is -2.26. The molecule has 2 rings (SSSR count). The number of rotatable bonds is 1. The predicted octanol–water partition coefficient (Wildman–Crippen LogP) is 3.74.